The van der Waals surface area contributed by atoms with Gasteiger partial charge in [-0.2, -0.15) is 0 Å². The molecule has 0 aliphatic rings. The van der Waals surface area contributed by atoms with Crippen LogP contribution in [0.15, 0.2) is 60.8 Å². The van der Waals surface area contributed by atoms with Crippen molar-refractivity contribution < 1.29 is 22.8 Å². The van der Waals surface area contributed by atoms with E-state index in [2.05, 4.69) is 20.6 Å². The summed E-state index contributed by atoms with van der Waals surface area (Å²) >= 11 is 0. The van der Waals surface area contributed by atoms with E-state index in [0.29, 0.717) is 23.5 Å². The molecule has 2 aromatic carbocycles. The number of nitrogens with two attached hydrogens (primary N) is 1. The molecule has 4 aromatic rings. The molecule has 0 spiro atoms. The molecule has 0 bridgehead atoms. The minimum Gasteiger partial charge on any atom is -0.384 e. The topological polar surface area (TPSA) is 113 Å². The van der Waals surface area contributed by atoms with Crippen LogP contribution in [-0.2, 0) is 17.8 Å². The Labute approximate surface area is 192 Å². The summed E-state index contributed by atoms with van der Waals surface area (Å²) in [6, 6.07) is 11.8. The number of nitrogens with zero attached hydrogens (tertiary/aromatic N) is 1. The average Bonchev–Trinajstić information content (AvgIpc) is 3.26. The molecular weight excluding hydrogens is 447 g/mol. The van der Waals surface area contributed by atoms with Gasteiger partial charge in [0.05, 0.1) is 0 Å². The molecule has 0 aliphatic carbocycles. The summed E-state index contributed by atoms with van der Waals surface area (Å²) in [5.74, 6) is -4.59. The van der Waals surface area contributed by atoms with Gasteiger partial charge in [-0.25, -0.2) is 18.2 Å². The molecule has 0 aliphatic heterocycles. The van der Waals surface area contributed by atoms with E-state index in [4.69, 9.17) is 5.73 Å². The fourth-order valence-corrected chi connectivity index (χ4v) is 3.43. The second kappa shape index (κ2) is 9.65. The van der Waals surface area contributed by atoms with Crippen molar-refractivity contribution in [2.45, 2.75) is 19.0 Å². The van der Waals surface area contributed by atoms with E-state index in [9.17, 15) is 22.8 Å². The molecule has 2 aromatic heterocycles. The number of hydrogen-bond donors (Lipinski definition) is 4. The van der Waals surface area contributed by atoms with Crippen LogP contribution in [-0.4, -0.2) is 27.8 Å². The van der Waals surface area contributed by atoms with Crippen molar-refractivity contribution in [1.82, 2.24) is 20.6 Å². The number of nitrogen functional groups attached to an aromatic ring is 1. The molecule has 4 rings (SSSR count). The van der Waals surface area contributed by atoms with E-state index in [0.717, 1.165) is 10.9 Å². The number of rotatable bonds is 7. The molecule has 34 heavy (non-hydrogen) atoms. The number of amides is 2. The maximum Gasteiger partial charge on any atom is 0.268 e. The summed E-state index contributed by atoms with van der Waals surface area (Å²) in [6.07, 6.45) is 1.07. The monoisotopic (exact) mass is 467 g/mol. The van der Waals surface area contributed by atoms with Crippen molar-refractivity contribution in [3.05, 3.63) is 95.1 Å². The highest BCUT2D eigenvalue weighted by Gasteiger charge is 2.25. The number of halogens is 3. The van der Waals surface area contributed by atoms with Crippen LogP contribution in [0.25, 0.3) is 10.9 Å². The van der Waals surface area contributed by atoms with Crippen LogP contribution in [0.5, 0.6) is 0 Å². The first kappa shape index (κ1) is 22.8. The zero-order chi connectivity index (χ0) is 24.2. The van der Waals surface area contributed by atoms with Gasteiger partial charge in [0.1, 0.15) is 23.4 Å². The molecule has 2 amide bonds. The number of carbonyl (C=O) groups excluding carboxylic acids is 2. The quantitative estimate of drug-likeness (QED) is 0.313. The number of nitrogens with one attached hydrogen (secondary N) is 3. The molecule has 0 saturated heterocycles. The molecule has 0 saturated carbocycles. The van der Waals surface area contributed by atoms with E-state index in [1.165, 1.54) is 6.20 Å². The molecular formula is C24H20F3N5O2. The summed E-state index contributed by atoms with van der Waals surface area (Å²) in [5, 5.41) is 5.97. The second-order valence-electron chi connectivity index (χ2n) is 7.67. The molecule has 0 fully saturated rings. The van der Waals surface area contributed by atoms with E-state index >= 15 is 0 Å². The SMILES string of the molecule is Nc1ccc(CNC(=O)[C@H](Cc2cc(F)c(F)cc2F)NC(=O)c2cc3ccccc3[nH]2)cn1. The average molecular weight is 467 g/mol. The predicted molar refractivity (Wildman–Crippen MR) is 120 cm³/mol. The third kappa shape index (κ3) is 5.17. The standard InChI is InChI=1S/C24H20F3N5O2/c25-16-10-18(27)17(26)7-15(16)9-20(23(33)30-12-13-5-6-22(28)29-11-13)32-24(34)21-8-14-3-1-2-4-19(14)31-21/h1-8,10-11,20,31H,9,12H2,(H2,28,29)(H,30,33)(H,32,34)/t20-/m0/s1. The number of aromatic nitrogens is 2. The van der Waals surface area contributed by atoms with Crippen LogP contribution in [0, 0.1) is 17.5 Å². The Morgan fingerprint density at radius 1 is 1.00 bits per heavy atom. The lowest BCUT2D eigenvalue weighted by Gasteiger charge is -2.19. The Morgan fingerprint density at radius 3 is 2.50 bits per heavy atom. The van der Waals surface area contributed by atoms with Crippen molar-refractivity contribution >= 4 is 28.5 Å². The molecule has 10 heteroatoms. The van der Waals surface area contributed by atoms with Crippen LogP contribution in [0.2, 0.25) is 0 Å². The smallest absolute Gasteiger partial charge is 0.268 e. The van der Waals surface area contributed by atoms with Crippen LogP contribution >= 0.6 is 0 Å². The lowest BCUT2D eigenvalue weighted by molar-refractivity contribution is -0.123. The maximum atomic E-state index is 14.3. The van der Waals surface area contributed by atoms with Gasteiger partial charge in [-0.15, -0.1) is 0 Å². The number of hydrogen-bond acceptors (Lipinski definition) is 4. The van der Waals surface area contributed by atoms with Crippen molar-refractivity contribution in [2.24, 2.45) is 0 Å². The Kier molecular flexibility index (Phi) is 6.48. The Bertz CT molecular complexity index is 1320. The Hall–Kier alpha value is -4.34. The van der Waals surface area contributed by atoms with Crippen LogP contribution in [0.4, 0.5) is 19.0 Å². The summed E-state index contributed by atoms with van der Waals surface area (Å²) in [5.41, 5.74) is 6.84. The fourth-order valence-electron chi connectivity index (χ4n) is 3.43. The number of aromatic amines is 1. The highest BCUT2D eigenvalue weighted by atomic mass is 19.2. The normalized spacial score (nSPS) is 11.9. The molecule has 5 N–H and O–H groups in total. The summed E-state index contributed by atoms with van der Waals surface area (Å²) in [7, 11) is 0. The molecule has 7 nitrogen and oxygen atoms in total. The number of pyridine rings is 1. The van der Waals surface area contributed by atoms with Crippen molar-refractivity contribution in [1.29, 1.82) is 0 Å². The number of H-pyrrole nitrogens is 1. The van der Waals surface area contributed by atoms with Gasteiger partial charge in [-0.1, -0.05) is 24.3 Å². The molecule has 2 heterocycles. The highest BCUT2D eigenvalue weighted by Crippen LogP contribution is 2.17. The summed E-state index contributed by atoms with van der Waals surface area (Å²) < 4.78 is 41.3. The third-order valence-corrected chi connectivity index (χ3v) is 5.22. The first-order valence-corrected chi connectivity index (χ1v) is 10.3. The Balaban J connectivity index is 1.55. The highest BCUT2D eigenvalue weighted by molar-refractivity contribution is 6.00. The number of carbonyl (C=O) groups is 2. The predicted octanol–water partition coefficient (Wildman–Crippen LogP) is 3.22. The van der Waals surface area contributed by atoms with Gasteiger partial charge in [0.2, 0.25) is 5.91 Å². The number of fused-ring (bicyclic) bond motifs is 1. The Morgan fingerprint density at radius 2 is 1.76 bits per heavy atom. The molecule has 1 atom stereocenters. The number of benzene rings is 2. The van der Waals surface area contributed by atoms with E-state index in [-0.39, 0.29) is 17.8 Å². The van der Waals surface area contributed by atoms with Gasteiger partial charge in [0.25, 0.3) is 5.91 Å². The zero-order valence-corrected chi connectivity index (χ0v) is 17.7. The largest absolute Gasteiger partial charge is 0.384 e. The van der Waals surface area contributed by atoms with Gasteiger partial charge < -0.3 is 21.4 Å². The first-order chi connectivity index (χ1) is 16.3. The zero-order valence-electron chi connectivity index (χ0n) is 17.7. The summed E-state index contributed by atoms with van der Waals surface area (Å²) in [6.45, 7) is 0.0606. The second-order valence-corrected chi connectivity index (χ2v) is 7.67. The van der Waals surface area contributed by atoms with Crippen LogP contribution in [0.3, 0.4) is 0 Å². The minimum atomic E-state index is -1.35. The fraction of sp³-hybridized carbons (Fsp3) is 0.125. The lowest BCUT2D eigenvalue weighted by Crippen LogP contribution is -2.48. The maximum absolute atomic E-state index is 14.3. The minimum absolute atomic E-state index is 0.0606. The van der Waals surface area contributed by atoms with Gasteiger partial charge in [0, 0.05) is 36.1 Å². The lowest BCUT2D eigenvalue weighted by atomic mass is 10.0. The van der Waals surface area contributed by atoms with Crippen LogP contribution in [0.1, 0.15) is 21.6 Å². The number of anilines is 1. The summed E-state index contributed by atoms with van der Waals surface area (Å²) in [4.78, 5) is 32.7. The van der Waals surface area contributed by atoms with E-state index in [1.807, 2.05) is 12.1 Å². The van der Waals surface area contributed by atoms with E-state index < -0.39 is 41.7 Å². The first-order valence-electron chi connectivity index (χ1n) is 10.3. The van der Waals surface area contributed by atoms with Gasteiger partial charge >= 0.3 is 0 Å². The third-order valence-electron chi connectivity index (χ3n) is 5.22. The van der Waals surface area contributed by atoms with Crippen molar-refractivity contribution in [3.63, 3.8) is 0 Å². The van der Waals surface area contributed by atoms with Gasteiger partial charge in [0.15, 0.2) is 11.6 Å². The molecule has 0 radical (unpaired) electrons. The van der Waals surface area contributed by atoms with Crippen LogP contribution < -0.4 is 16.4 Å². The van der Waals surface area contributed by atoms with Crippen molar-refractivity contribution in [2.75, 3.05) is 5.73 Å². The van der Waals surface area contributed by atoms with Gasteiger partial charge in [-0.3, -0.25) is 9.59 Å². The molecule has 0 unspecified atom stereocenters. The number of para-hydroxylation sites is 1. The van der Waals surface area contributed by atoms with Crippen molar-refractivity contribution in [3.8, 4) is 0 Å². The van der Waals surface area contributed by atoms with Gasteiger partial charge in [-0.05, 0) is 35.4 Å². The molecule has 174 valence electrons. The van der Waals surface area contributed by atoms with E-state index in [1.54, 1.807) is 30.3 Å².